The second-order valence-corrected chi connectivity index (χ2v) is 9.07. The number of ether oxygens (including phenoxy) is 2. The van der Waals surface area contributed by atoms with E-state index in [1.54, 1.807) is 30.3 Å². The number of carboxylic acid groups (broad SMARTS) is 1. The fourth-order valence-electron chi connectivity index (χ4n) is 3.90. The molecule has 0 bridgehead atoms. The van der Waals surface area contributed by atoms with Gasteiger partial charge in [0.25, 0.3) is 5.91 Å². The number of nitrogens with zero attached hydrogens (tertiary/aromatic N) is 2. The minimum Gasteiger partial charge on any atom is -0.483 e. The van der Waals surface area contributed by atoms with Crippen LogP contribution in [0.2, 0.25) is 5.02 Å². The third-order valence-electron chi connectivity index (χ3n) is 5.94. The first-order chi connectivity index (χ1) is 16.1. The molecule has 0 radical (unpaired) electrons. The molecule has 1 aliphatic heterocycles. The quantitative estimate of drug-likeness (QED) is 0.570. The average molecular weight is 493 g/mol. The highest BCUT2D eigenvalue weighted by atomic mass is 35.5. The monoisotopic (exact) mass is 492 g/mol. The molecule has 0 spiro atoms. The van der Waals surface area contributed by atoms with E-state index < -0.39 is 12.1 Å². The normalized spacial score (nSPS) is 19.6. The van der Waals surface area contributed by atoms with E-state index in [9.17, 15) is 14.0 Å². The maximum Gasteiger partial charge on any atom is 0.332 e. The number of halogens is 2. The number of hydrogen-bond acceptors (Lipinski definition) is 5. The summed E-state index contributed by atoms with van der Waals surface area (Å²) < 4.78 is 24.3. The molecular formula is C25H30ClFN2O5. The third kappa shape index (κ3) is 6.91. The van der Waals surface area contributed by atoms with Gasteiger partial charge in [-0.2, -0.15) is 0 Å². The summed E-state index contributed by atoms with van der Waals surface area (Å²) in [5, 5.41) is 9.47. The van der Waals surface area contributed by atoms with Crippen molar-refractivity contribution in [1.29, 1.82) is 0 Å². The molecule has 2 aromatic rings. The molecule has 184 valence electrons. The average Bonchev–Trinajstić information content (AvgIpc) is 2.80. The molecule has 34 heavy (non-hydrogen) atoms. The van der Waals surface area contributed by atoms with Crippen LogP contribution in [0.3, 0.4) is 0 Å². The van der Waals surface area contributed by atoms with Gasteiger partial charge >= 0.3 is 5.97 Å². The van der Waals surface area contributed by atoms with Gasteiger partial charge in [0.05, 0.1) is 6.61 Å². The van der Waals surface area contributed by atoms with Crippen molar-refractivity contribution in [3.05, 3.63) is 64.4 Å². The Morgan fingerprint density at radius 1 is 1.15 bits per heavy atom. The molecule has 2 aromatic carbocycles. The van der Waals surface area contributed by atoms with Crippen LogP contribution < -0.4 is 4.74 Å². The SMILES string of the molecule is C[C@H](OCc1cc(Cl)ccc1OCC(=O)N1C[C@H](C)N(Cc2ccc(F)cc2)C[C@H]1C)C(=O)O. The minimum absolute atomic E-state index is 0.00690. The smallest absolute Gasteiger partial charge is 0.332 e. The Bertz CT molecular complexity index is 1000. The van der Waals surface area contributed by atoms with E-state index in [4.69, 9.17) is 26.2 Å². The fraction of sp³-hybridized carbons (Fsp3) is 0.440. The van der Waals surface area contributed by atoms with Crippen molar-refractivity contribution in [2.24, 2.45) is 0 Å². The second kappa shape index (κ2) is 11.6. The number of benzene rings is 2. The Morgan fingerprint density at radius 2 is 1.85 bits per heavy atom. The van der Waals surface area contributed by atoms with Crippen LogP contribution in [0.1, 0.15) is 31.9 Å². The van der Waals surface area contributed by atoms with Crippen LogP contribution in [-0.4, -0.2) is 64.7 Å². The van der Waals surface area contributed by atoms with Crippen LogP contribution in [-0.2, 0) is 27.5 Å². The highest BCUT2D eigenvalue weighted by Gasteiger charge is 2.32. The van der Waals surface area contributed by atoms with Crippen molar-refractivity contribution in [3.8, 4) is 5.75 Å². The Hall–Kier alpha value is -2.68. The van der Waals surface area contributed by atoms with E-state index >= 15 is 0 Å². The van der Waals surface area contributed by atoms with Crippen LogP contribution in [0, 0.1) is 5.82 Å². The Kier molecular flexibility index (Phi) is 8.88. The summed E-state index contributed by atoms with van der Waals surface area (Å²) >= 11 is 6.07. The molecule has 1 aliphatic rings. The lowest BCUT2D eigenvalue weighted by atomic mass is 10.1. The van der Waals surface area contributed by atoms with Gasteiger partial charge in [-0.25, -0.2) is 9.18 Å². The Morgan fingerprint density at radius 3 is 2.53 bits per heavy atom. The first kappa shape index (κ1) is 25.9. The molecule has 1 fully saturated rings. The summed E-state index contributed by atoms with van der Waals surface area (Å²) in [6.45, 7) is 7.27. The highest BCUT2D eigenvalue weighted by Crippen LogP contribution is 2.25. The number of carbonyl (C=O) groups excluding carboxylic acids is 1. The number of aliphatic carboxylic acids is 1. The van der Waals surface area contributed by atoms with Crippen molar-refractivity contribution >= 4 is 23.5 Å². The van der Waals surface area contributed by atoms with Crippen molar-refractivity contribution < 1.29 is 28.6 Å². The summed E-state index contributed by atoms with van der Waals surface area (Å²) in [7, 11) is 0. The number of carbonyl (C=O) groups is 2. The molecule has 9 heteroatoms. The van der Waals surface area contributed by atoms with Crippen LogP contribution in [0.5, 0.6) is 5.75 Å². The standard InChI is InChI=1S/C25H30ClFN2O5/c1-16-12-29(17(2)11-28(16)13-19-4-7-22(27)8-5-19)24(30)15-34-23-9-6-21(26)10-20(23)14-33-18(3)25(31)32/h4-10,16-18H,11-15H2,1-3H3,(H,31,32)/t16-,17+,18-/m0/s1. The maximum atomic E-state index is 13.2. The molecule has 0 aliphatic carbocycles. The molecule has 7 nitrogen and oxygen atoms in total. The van der Waals surface area contributed by atoms with E-state index in [0.717, 1.165) is 5.56 Å². The van der Waals surface area contributed by atoms with E-state index in [1.807, 2.05) is 11.8 Å². The zero-order valence-corrected chi connectivity index (χ0v) is 20.3. The highest BCUT2D eigenvalue weighted by molar-refractivity contribution is 6.30. The third-order valence-corrected chi connectivity index (χ3v) is 6.18. The number of carboxylic acids is 1. The molecule has 1 N–H and O–H groups in total. The molecule has 1 saturated heterocycles. The maximum absolute atomic E-state index is 13.2. The van der Waals surface area contributed by atoms with Gasteiger partial charge in [-0.3, -0.25) is 9.69 Å². The molecule has 0 aromatic heterocycles. The summed E-state index contributed by atoms with van der Waals surface area (Å²) in [5.41, 5.74) is 1.59. The van der Waals surface area contributed by atoms with Crippen LogP contribution in [0.25, 0.3) is 0 Å². The molecule has 0 unspecified atom stereocenters. The predicted molar refractivity (Wildman–Crippen MR) is 126 cm³/mol. The molecule has 1 heterocycles. The van der Waals surface area contributed by atoms with E-state index in [-0.39, 0.29) is 37.0 Å². The number of piperazine rings is 1. The Labute approximate surface area is 204 Å². The van der Waals surface area contributed by atoms with Gasteiger partial charge in [0.2, 0.25) is 0 Å². The fourth-order valence-corrected chi connectivity index (χ4v) is 4.10. The van der Waals surface area contributed by atoms with Crippen LogP contribution >= 0.6 is 11.6 Å². The van der Waals surface area contributed by atoms with Crippen LogP contribution in [0.4, 0.5) is 4.39 Å². The lowest BCUT2D eigenvalue weighted by Crippen LogP contribution is -2.58. The number of rotatable bonds is 9. The van der Waals surface area contributed by atoms with E-state index in [2.05, 4.69) is 11.8 Å². The number of hydrogen-bond donors (Lipinski definition) is 1. The van der Waals surface area contributed by atoms with Crippen molar-refractivity contribution in [1.82, 2.24) is 9.80 Å². The van der Waals surface area contributed by atoms with E-state index in [0.29, 0.717) is 36.0 Å². The van der Waals surface area contributed by atoms with Crippen molar-refractivity contribution in [3.63, 3.8) is 0 Å². The van der Waals surface area contributed by atoms with Gasteiger partial charge in [0.1, 0.15) is 11.6 Å². The largest absolute Gasteiger partial charge is 0.483 e. The predicted octanol–water partition coefficient (Wildman–Crippen LogP) is 3.97. The minimum atomic E-state index is -1.07. The van der Waals surface area contributed by atoms with Crippen LogP contribution in [0.15, 0.2) is 42.5 Å². The molecule has 1 amide bonds. The van der Waals surface area contributed by atoms with Crippen molar-refractivity contribution in [2.45, 2.75) is 52.1 Å². The van der Waals surface area contributed by atoms with Gasteiger partial charge in [-0.1, -0.05) is 23.7 Å². The van der Waals surface area contributed by atoms with Gasteiger partial charge < -0.3 is 19.5 Å². The van der Waals surface area contributed by atoms with Gasteiger partial charge in [0.15, 0.2) is 12.7 Å². The van der Waals surface area contributed by atoms with Gasteiger partial charge in [-0.15, -0.1) is 0 Å². The topological polar surface area (TPSA) is 79.3 Å². The Balaban J connectivity index is 1.58. The summed E-state index contributed by atoms with van der Waals surface area (Å²) in [6, 6.07) is 11.5. The zero-order valence-electron chi connectivity index (χ0n) is 19.5. The molecule has 3 atom stereocenters. The number of amides is 1. The first-order valence-electron chi connectivity index (χ1n) is 11.2. The zero-order chi connectivity index (χ0) is 24.8. The molecular weight excluding hydrogens is 463 g/mol. The van der Waals surface area contributed by atoms with E-state index in [1.165, 1.54) is 19.1 Å². The lowest BCUT2D eigenvalue weighted by Gasteiger charge is -2.44. The summed E-state index contributed by atoms with van der Waals surface area (Å²) in [5.74, 6) is -1.04. The molecule has 0 saturated carbocycles. The van der Waals surface area contributed by atoms with Gasteiger partial charge in [0, 0.05) is 42.3 Å². The molecule has 3 rings (SSSR count). The second-order valence-electron chi connectivity index (χ2n) is 8.63. The van der Waals surface area contributed by atoms with Gasteiger partial charge in [-0.05, 0) is 56.7 Å². The first-order valence-corrected chi connectivity index (χ1v) is 11.6. The summed E-state index contributed by atoms with van der Waals surface area (Å²) in [6.07, 6.45) is -0.984. The summed E-state index contributed by atoms with van der Waals surface area (Å²) in [4.78, 5) is 28.1. The van der Waals surface area contributed by atoms with Crippen molar-refractivity contribution in [2.75, 3.05) is 19.7 Å². The lowest BCUT2D eigenvalue weighted by molar-refractivity contribution is -0.149.